The Balaban J connectivity index is 1.77. The van der Waals surface area contributed by atoms with Gasteiger partial charge in [0.15, 0.2) is 5.69 Å². The normalized spacial score (nSPS) is 22.9. The van der Waals surface area contributed by atoms with Crippen molar-refractivity contribution in [3.8, 4) is 0 Å². The summed E-state index contributed by atoms with van der Waals surface area (Å²) in [5.41, 5.74) is 1.24. The van der Waals surface area contributed by atoms with E-state index < -0.39 is 0 Å². The van der Waals surface area contributed by atoms with Crippen LogP contribution in [0.15, 0.2) is 0 Å². The molecule has 1 amide bonds. The Hall–Kier alpha value is -1.07. The second-order valence-corrected chi connectivity index (χ2v) is 8.10. The van der Waals surface area contributed by atoms with E-state index in [0.29, 0.717) is 22.7 Å². The standard InChI is InChI=1S/C18H29ClN4O/c1-12(2)15-11-23(9-5-8-22(15)10-14-6-7-14)18(24)17-16(19)13(3)21(4)20-17/h12,14-15H,5-11H2,1-4H3. The van der Waals surface area contributed by atoms with E-state index in [-0.39, 0.29) is 5.91 Å². The molecule has 1 unspecified atom stereocenters. The molecule has 0 bridgehead atoms. The summed E-state index contributed by atoms with van der Waals surface area (Å²) in [5, 5.41) is 4.83. The predicted octanol–water partition coefficient (Wildman–Crippen LogP) is 2.96. The third kappa shape index (κ3) is 3.62. The highest BCUT2D eigenvalue weighted by Crippen LogP contribution is 2.32. The molecule has 2 fully saturated rings. The Bertz CT molecular complexity index is 608. The molecular weight excluding hydrogens is 324 g/mol. The lowest BCUT2D eigenvalue weighted by molar-refractivity contribution is 0.0698. The molecule has 1 aromatic heterocycles. The minimum Gasteiger partial charge on any atom is -0.336 e. The summed E-state index contributed by atoms with van der Waals surface area (Å²) in [5.74, 6) is 1.38. The van der Waals surface area contributed by atoms with Crippen LogP contribution >= 0.6 is 11.6 Å². The van der Waals surface area contributed by atoms with Crippen molar-refractivity contribution in [3.63, 3.8) is 0 Å². The number of aromatic nitrogens is 2. The Morgan fingerprint density at radius 1 is 1.33 bits per heavy atom. The molecule has 134 valence electrons. The maximum atomic E-state index is 13.0. The second-order valence-electron chi connectivity index (χ2n) is 7.73. The van der Waals surface area contributed by atoms with Gasteiger partial charge in [0.05, 0.1) is 10.7 Å². The number of rotatable bonds is 4. The van der Waals surface area contributed by atoms with Gasteiger partial charge in [-0.05, 0) is 38.0 Å². The van der Waals surface area contributed by atoms with Gasteiger partial charge in [-0.3, -0.25) is 14.4 Å². The highest BCUT2D eigenvalue weighted by atomic mass is 35.5. The average Bonchev–Trinajstić information content (AvgIpc) is 3.34. The predicted molar refractivity (Wildman–Crippen MR) is 96.4 cm³/mol. The quantitative estimate of drug-likeness (QED) is 0.836. The summed E-state index contributed by atoms with van der Waals surface area (Å²) < 4.78 is 1.69. The number of carbonyl (C=O) groups excluding carboxylic acids is 1. The van der Waals surface area contributed by atoms with Gasteiger partial charge in [0.1, 0.15) is 0 Å². The molecule has 1 atom stereocenters. The van der Waals surface area contributed by atoms with Gasteiger partial charge in [-0.15, -0.1) is 0 Å². The van der Waals surface area contributed by atoms with Crippen LogP contribution in [-0.2, 0) is 7.05 Å². The molecule has 24 heavy (non-hydrogen) atoms. The summed E-state index contributed by atoms with van der Waals surface area (Å²) in [6.07, 6.45) is 3.75. The van der Waals surface area contributed by atoms with Crippen LogP contribution in [0.1, 0.15) is 49.3 Å². The first-order valence-electron chi connectivity index (χ1n) is 9.11. The van der Waals surface area contributed by atoms with Gasteiger partial charge in [0, 0.05) is 39.3 Å². The average molecular weight is 353 g/mol. The zero-order chi connectivity index (χ0) is 17.4. The van der Waals surface area contributed by atoms with Crippen molar-refractivity contribution in [2.45, 2.75) is 46.1 Å². The highest BCUT2D eigenvalue weighted by molar-refractivity contribution is 6.34. The summed E-state index contributed by atoms with van der Waals surface area (Å²) >= 11 is 6.33. The van der Waals surface area contributed by atoms with E-state index in [2.05, 4.69) is 23.8 Å². The first kappa shape index (κ1) is 17.7. The summed E-state index contributed by atoms with van der Waals surface area (Å²) in [7, 11) is 1.83. The topological polar surface area (TPSA) is 41.4 Å². The Morgan fingerprint density at radius 2 is 2.04 bits per heavy atom. The zero-order valence-corrected chi connectivity index (χ0v) is 16.0. The Labute approximate surface area is 149 Å². The van der Waals surface area contributed by atoms with Crippen LogP contribution in [0.3, 0.4) is 0 Å². The third-order valence-corrected chi connectivity index (χ3v) is 5.91. The molecular formula is C18H29ClN4O. The van der Waals surface area contributed by atoms with Crippen molar-refractivity contribution in [2.24, 2.45) is 18.9 Å². The lowest BCUT2D eigenvalue weighted by Gasteiger charge is -2.34. The molecule has 2 aliphatic rings. The molecule has 6 heteroatoms. The van der Waals surface area contributed by atoms with E-state index in [9.17, 15) is 4.79 Å². The molecule has 0 N–H and O–H groups in total. The highest BCUT2D eigenvalue weighted by Gasteiger charge is 2.34. The van der Waals surface area contributed by atoms with Crippen LogP contribution < -0.4 is 0 Å². The van der Waals surface area contributed by atoms with Crippen LogP contribution in [0.25, 0.3) is 0 Å². The van der Waals surface area contributed by atoms with Crippen LogP contribution in [0, 0.1) is 18.8 Å². The van der Waals surface area contributed by atoms with E-state index in [1.807, 2.05) is 18.9 Å². The first-order chi connectivity index (χ1) is 11.4. The molecule has 1 aromatic rings. The lowest BCUT2D eigenvalue weighted by atomic mass is 10.0. The number of halogens is 1. The lowest BCUT2D eigenvalue weighted by Crippen LogP contribution is -2.46. The van der Waals surface area contributed by atoms with Crippen LogP contribution in [0.2, 0.25) is 5.02 Å². The molecule has 2 heterocycles. The second kappa shape index (κ2) is 7.04. The fourth-order valence-electron chi connectivity index (χ4n) is 3.61. The maximum absolute atomic E-state index is 13.0. The molecule has 0 radical (unpaired) electrons. The SMILES string of the molecule is Cc1c(Cl)c(C(=O)N2CCCN(CC3CC3)C(C(C)C)C2)nn1C. The minimum atomic E-state index is -0.0254. The zero-order valence-electron chi connectivity index (χ0n) is 15.3. The van der Waals surface area contributed by atoms with Crippen molar-refractivity contribution in [2.75, 3.05) is 26.2 Å². The largest absolute Gasteiger partial charge is 0.336 e. The Morgan fingerprint density at radius 3 is 2.58 bits per heavy atom. The van der Waals surface area contributed by atoms with E-state index in [4.69, 9.17) is 11.6 Å². The van der Waals surface area contributed by atoms with Crippen molar-refractivity contribution in [1.82, 2.24) is 19.6 Å². The third-order valence-electron chi connectivity index (χ3n) is 5.46. The number of carbonyl (C=O) groups is 1. The van der Waals surface area contributed by atoms with Crippen LogP contribution in [0.4, 0.5) is 0 Å². The smallest absolute Gasteiger partial charge is 0.275 e. The van der Waals surface area contributed by atoms with Crippen molar-refractivity contribution in [1.29, 1.82) is 0 Å². The molecule has 3 rings (SSSR count). The molecule has 1 saturated heterocycles. The molecule has 0 aromatic carbocycles. The van der Waals surface area contributed by atoms with Crippen molar-refractivity contribution < 1.29 is 4.79 Å². The van der Waals surface area contributed by atoms with Crippen LogP contribution in [0.5, 0.6) is 0 Å². The molecule has 1 aliphatic carbocycles. The van der Waals surface area contributed by atoms with Gasteiger partial charge in [0.25, 0.3) is 5.91 Å². The maximum Gasteiger partial charge on any atom is 0.275 e. The van der Waals surface area contributed by atoms with Gasteiger partial charge < -0.3 is 4.90 Å². The molecule has 1 saturated carbocycles. The van der Waals surface area contributed by atoms with Gasteiger partial charge in [-0.25, -0.2) is 0 Å². The number of aryl methyl sites for hydroxylation is 1. The monoisotopic (exact) mass is 352 g/mol. The van der Waals surface area contributed by atoms with Gasteiger partial charge >= 0.3 is 0 Å². The van der Waals surface area contributed by atoms with Crippen molar-refractivity contribution in [3.05, 3.63) is 16.4 Å². The van der Waals surface area contributed by atoms with E-state index in [1.165, 1.54) is 19.4 Å². The number of nitrogens with zero attached hydrogens (tertiary/aromatic N) is 4. The number of amides is 1. The van der Waals surface area contributed by atoms with Crippen LogP contribution in [-0.4, -0.2) is 57.7 Å². The molecule has 0 spiro atoms. The summed E-state index contributed by atoms with van der Waals surface area (Å²) in [6, 6.07) is 0.417. The molecule has 5 nitrogen and oxygen atoms in total. The van der Waals surface area contributed by atoms with Crippen molar-refractivity contribution >= 4 is 17.5 Å². The number of hydrogen-bond donors (Lipinski definition) is 0. The summed E-state index contributed by atoms with van der Waals surface area (Å²) in [6.45, 7) is 10.2. The fourth-order valence-corrected chi connectivity index (χ4v) is 3.85. The van der Waals surface area contributed by atoms with E-state index in [0.717, 1.165) is 37.7 Å². The minimum absolute atomic E-state index is 0.0254. The fraction of sp³-hybridized carbons (Fsp3) is 0.778. The van der Waals surface area contributed by atoms with Gasteiger partial charge in [-0.2, -0.15) is 5.10 Å². The number of hydrogen-bond acceptors (Lipinski definition) is 3. The Kier molecular flexibility index (Phi) is 5.21. The van der Waals surface area contributed by atoms with E-state index >= 15 is 0 Å². The van der Waals surface area contributed by atoms with Gasteiger partial charge in [-0.1, -0.05) is 25.4 Å². The van der Waals surface area contributed by atoms with Gasteiger partial charge in [0.2, 0.25) is 0 Å². The summed E-state index contributed by atoms with van der Waals surface area (Å²) in [4.78, 5) is 17.6. The molecule has 1 aliphatic heterocycles. The van der Waals surface area contributed by atoms with E-state index in [1.54, 1.807) is 4.68 Å². The first-order valence-corrected chi connectivity index (χ1v) is 9.48.